The molecule has 0 spiro atoms. The van der Waals surface area contributed by atoms with Crippen LogP contribution in [-0.4, -0.2) is 11.7 Å². The van der Waals surface area contributed by atoms with Crippen molar-refractivity contribution in [3.8, 4) is 0 Å². The second-order valence-corrected chi connectivity index (χ2v) is 0.316. The molecule has 0 heterocycles. The van der Waals surface area contributed by atoms with Crippen LogP contribution in [0.15, 0.2) is 0 Å². The number of rotatable bonds is 0. The van der Waals surface area contributed by atoms with Crippen molar-refractivity contribution < 1.29 is 31.3 Å². The summed E-state index contributed by atoms with van der Waals surface area (Å²) in [5, 5.41) is 7.57. The largest absolute Gasteiger partial charge is 0.397 e. The van der Waals surface area contributed by atoms with Crippen molar-refractivity contribution in [2.75, 3.05) is 6.61 Å². The van der Waals surface area contributed by atoms with Crippen LogP contribution < -0.4 is 0 Å². The SMILES string of the molecule is Br.Br.Br.CCO.[Zr]. The molecule has 0 aliphatic rings. The third kappa shape index (κ3) is 62.7. The third-order valence-corrected chi connectivity index (χ3v) is 0. The van der Waals surface area contributed by atoms with Crippen LogP contribution in [0.25, 0.3) is 0 Å². The maximum atomic E-state index is 7.57. The maximum Gasteiger partial charge on any atom is 0.0402 e. The van der Waals surface area contributed by atoms with Gasteiger partial charge in [0.2, 0.25) is 0 Å². The molecule has 48 valence electrons. The molecule has 7 heavy (non-hydrogen) atoms. The van der Waals surface area contributed by atoms with Gasteiger partial charge in [0, 0.05) is 32.8 Å². The molecule has 0 aromatic carbocycles. The molecule has 0 aliphatic carbocycles. The molecule has 5 heteroatoms. The summed E-state index contributed by atoms with van der Waals surface area (Å²) < 4.78 is 0. The Hall–Kier alpha value is 2.28. The minimum absolute atomic E-state index is 0. The second kappa shape index (κ2) is 40.8. The van der Waals surface area contributed by atoms with Crippen molar-refractivity contribution in [1.82, 2.24) is 0 Å². The van der Waals surface area contributed by atoms with Gasteiger partial charge in [-0.05, 0) is 6.92 Å². The molecule has 0 aromatic heterocycles. The number of halogens is 3. The van der Waals surface area contributed by atoms with E-state index < -0.39 is 0 Å². The number of aliphatic hydroxyl groups excluding tert-OH is 1. The van der Waals surface area contributed by atoms with Crippen LogP contribution in [-0.2, 0) is 26.2 Å². The first-order valence-corrected chi connectivity index (χ1v) is 1.02. The zero-order chi connectivity index (χ0) is 2.71. The first-order valence-electron chi connectivity index (χ1n) is 1.02. The average molecular weight is 380 g/mol. The van der Waals surface area contributed by atoms with Gasteiger partial charge in [-0.1, -0.05) is 0 Å². The van der Waals surface area contributed by atoms with Crippen molar-refractivity contribution in [1.29, 1.82) is 0 Å². The summed E-state index contributed by atoms with van der Waals surface area (Å²) in [6.45, 7) is 1.93. The Morgan fingerprint density at radius 1 is 1.14 bits per heavy atom. The van der Waals surface area contributed by atoms with Crippen molar-refractivity contribution in [2.45, 2.75) is 6.92 Å². The zero-order valence-corrected chi connectivity index (χ0v) is 11.5. The van der Waals surface area contributed by atoms with Crippen LogP contribution in [0.2, 0.25) is 0 Å². The van der Waals surface area contributed by atoms with E-state index in [0.29, 0.717) is 0 Å². The van der Waals surface area contributed by atoms with E-state index in [1.165, 1.54) is 0 Å². The van der Waals surface area contributed by atoms with Crippen LogP contribution in [0.5, 0.6) is 0 Å². The van der Waals surface area contributed by atoms with Gasteiger partial charge in [0.1, 0.15) is 0 Å². The fourth-order valence-electron chi connectivity index (χ4n) is 0. The molecule has 1 nitrogen and oxygen atoms in total. The molecule has 1 N–H and O–H groups in total. The summed E-state index contributed by atoms with van der Waals surface area (Å²) in [5.41, 5.74) is 0. The fraction of sp³-hybridized carbons (Fsp3) is 1.00. The van der Waals surface area contributed by atoms with Gasteiger partial charge in [0.05, 0.1) is 0 Å². The maximum absolute atomic E-state index is 7.57. The minimum Gasteiger partial charge on any atom is -0.397 e. The van der Waals surface area contributed by atoms with Gasteiger partial charge in [-0.2, -0.15) is 0 Å². The molecule has 0 fully saturated rings. The predicted molar refractivity (Wildman–Crippen MR) is 43.7 cm³/mol. The molecular weight excluding hydrogens is 371 g/mol. The number of hydrogen-bond acceptors (Lipinski definition) is 1. The van der Waals surface area contributed by atoms with E-state index in [4.69, 9.17) is 5.11 Å². The molecule has 0 rings (SSSR count). The van der Waals surface area contributed by atoms with Crippen molar-refractivity contribution >= 4 is 50.9 Å². The summed E-state index contributed by atoms with van der Waals surface area (Å²) in [4.78, 5) is 0. The van der Waals surface area contributed by atoms with Gasteiger partial charge in [0.15, 0.2) is 0 Å². The summed E-state index contributed by atoms with van der Waals surface area (Å²) in [6.07, 6.45) is 0. The summed E-state index contributed by atoms with van der Waals surface area (Å²) in [5.74, 6) is 0. The Morgan fingerprint density at radius 3 is 1.14 bits per heavy atom. The van der Waals surface area contributed by atoms with E-state index in [2.05, 4.69) is 0 Å². The fourth-order valence-corrected chi connectivity index (χ4v) is 0. The van der Waals surface area contributed by atoms with E-state index in [9.17, 15) is 0 Å². The van der Waals surface area contributed by atoms with E-state index in [0.717, 1.165) is 0 Å². The predicted octanol–water partition coefficient (Wildman–Crippen LogP) is 1.73. The quantitative estimate of drug-likeness (QED) is 0.679. The van der Waals surface area contributed by atoms with Gasteiger partial charge in [-0.25, -0.2) is 0 Å². The normalized spacial score (nSPS) is 2.57. The van der Waals surface area contributed by atoms with Gasteiger partial charge in [0.25, 0.3) is 0 Å². The monoisotopic (exact) mass is 376 g/mol. The third-order valence-electron chi connectivity index (χ3n) is 0. The number of aliphatic hydroxyl groups is 1. The Balaban J connectivity index is -0.00000000333. The van der Waals surface area contributed by atoms with Crippen LogP contribution in [0.4, 0.5) is 0 Å². The van der Waals surface area contributed by atoms with Crippen LogP contribution >= 0.6 is 50.9 Å². The molecule has 0 atom stereocenters. The first-order chi connectivity index (χ1) is 1.41. The zero-order valence-electron chi connectivity index (χ0n) is 3.88. The van der Waals surface area contributed by atoms with Gasteiger partial charge < -0.3 is 5.11 Å². The Labute approximate surface area is 94.7 Å². The number of hydrogen-bond donors (Lipinski definition) is 1. The van der Waals surface area contributed by atoms with Crippen molar-refractivity contribution in [3.63, 3.8) is 0 Å². The van der Waals surface area contributed by atoms with Crippen LogP contribution in [0.1, 0.15) is 6.92 Å². The summed E-state index contributed by atoms with van der Waals surface area (Å²) in [7, 11) is 0. The van der Waals surface area contributed by atoms with Gasteiger partial charge in [-0.3, -0.25) is 0 Å². The molecule has 0 saturated carbocycles. The molecule has 0 aromatic rings. The van der Waals surface area contributed by atoms with E-state index >= 15 is 0 Å². The summed E-state index contributed by atoms with van der Waals surface area (Å²) >= 11 is 0. The smallest absolute Gasteiger partial charge is 0.0402 e. The Bertz CT molecular complexity index is 12.9. The van der Waals surface area contributed by atoms with Crippen LogP contribution in [0, 0.1) is 0 Å². The van der Waals surface area contributed by atoms with Crippen molar-refractivity contribution in [3.05, 3.63) is 0 Å². The topological polar surface area (TPSA) is 20.2 Å². The molecule has 0 aliphatic heterocycles. The molecule has 0 bridgehead atoms. The molecule has 0 saturated heterocycles. The Kier molecular flexibility index (Phi) is 202. The Morgan fingerprint density at radius 2 is 1.14 bits per heavy atom. The molecule has 0 amide bonds. The van der Waals surface area contributed by atoms with Gasteiger partial charge >= 0.3 is 0 Å². The molecule has 0 unspecified atom stereocenters. The average Bonchev–Trinajstić information content (AvgIpc) is 0.918. The standard InChI is InChI=1S/C2H6O.3BrH.Zr/c1-2-3;;;;/h3H,2H2,1H3;3*1H;. The van der Waals surface area contributed by atoms with E-state index in [-0.39, 0.29) is 83.8 Å². The van der Waals surface area contributed by atoms with E-state index in [1.54, 1.807) is 6.92 Å². The van der Waals surface area contributed by atoms with Crippen LogP contribution in [0.3, 0.4) is 0 Å². The van der Waals surface area contributed by atoms with Gasteiger partial charge in [-0.15, -0.1) is 50.9 Å². The molecular formula is C2H9Br3OZr. The summed E-state index contributed by atoms with van der Waals surface area (Å²) in [6, 6.07) is 0. The van der Waals surface area contributed by atoms with E-state index in [1.807, 2.05) is 0 Å². The first kappa shape index (κ1) is 34.7. The molecule has 0 radical (unpaired) electrons. The van der Waals surface area contributed by atoms with Crippen molar-refractivity contribution in [2.24, 2.45) is 0 Å². The second-order valence-electron chi connectivity index (χ2n) is 0.316. The minimum atomic E-state index is 0.